The van der Waals surface area contributed by atoms with E-state index in [2.05, 4.69) is 0 Å². The van der Waals surface area contributed by atoms with Crippen molar-refractivity contribution in [3.05, 3.63) is 38.7 Å². The fourth-order valence-corrected chi connectivity index (χ4v) is 5.64. The van der Waals surface area contributed by atoms with Crippen LogP contribution in [-0.4, -0.2) is 76.3 Å². The number of hydrogen-bond acceptors (Lipinski definition) is 12. The third kappa shape index (κ3) is 7.70. The number of ether oxygens (including phenoxy) is 5. The zero-order valence-electron chi connectivity index (χ0n) is 21.0. The highest BCUT2D eigenvalue weighted by atomic mass is 35.5. The summed E-state index contributed by atoms with van der Waals surface area (Å²) in [5.74, 6) is -3.68. The lowest BCUT2D eigenvalue weighted by Gasteiger charge is -2.46. The van der Waals surface area contributed by atoms with E-state index in [1.807, 2.05) is 0 Å². The lowest BCUT2D eigenvalue weighted by Crippen LogP contribution is -2.66. The summed E-state index contributed by atoms with van der Waals surface area (Å²) in [6, 6.07) is 4.72. The van der Waals surface area contributed by atoms with Crippen LogP contribution < -0.4 is 0 Å². The Morgan fingerprint density at radius 1 is 0.974 bits per heavy atom. The highest BCUT2D eigenvalue weighted by Gasteiger charge is 2.56. The van der Waals surface area contributed by atoms with E-state index in [1.54, 1.807) is 12.1 Å². The van der Waals surface area contributed by atoms with E-state index in [0.29, 0.717) is 15.6 Å². The largest absolute Gasteiger partial charge is 0.463 e. The molecule has 2 saturated heterocycles. The molecule has 2 fully saturated rings. The third-order valence-electron chi connectivity index (χ3n) is 5.29. The molecule has 0 bridgehead atoms. The molecule has 1 amide bonds. The molecule has 2 aliphatic heterocycles. The zero-order valence-corrected chi connectivity index (χ0v) is 24.2. The van der Waals surface area contributed by atoms with Crippen LogP contribution in [0.2, 0.25) is 10.0 Å². The Kier molecular flexibility index (Phi) is 10.4. The molecule has 3 rings (SSSR count). The second-order valence-corrected chi connectivity index (χ2v) is 10.8. The second-order valence-electron chi connectivity index (χ2n) is 8.31. The van der Waals surface area contributed by atoms with Crippen LogP contribution in [-0.2, 0) is 47.7 Å². The van der Waals surface area contributed by atoms with Crippen LogP contribution in [0.5, 0.6) is 0 Å². The average molecular weight is 620 g/mol. The number of nitrogens with zero attached hydrogens (tertiary/aromatic N) is 1. The normalized spacial score (nSPS) is 25.8. The molecule has 11 nitrogen and oxygen atoms in total. The molecular weight excluding hydrogens is 597 g/mol. The molecule has 0 aliphatic carbocycles. The summed E-state index contributed by atoms with van der Waals surface area (Å²) in [6.07, 6.45) is -5.49. The van der Waals surface area contributed by atoms with Gasteiger partial charge in [-0.05, 0) is 23.8 Å². The molecule has 15 heteroatoms. The van der Waals surface area contributed by atoms with Crippen molar-refractivity contribution in [2.24, 2.45) is 0 Å². The van der Waals surface area contributed by atoms with E-state index in [0.717, 1.165) is 44.4 Å². The Morgan fingerprint density at radius 2 is 1.56 bits per heavy atom. The fourth-order valence-electron chi connectivity index (χ4n) is 3.87. The van der Waals surface area contributed by atoms with Gasteiger partial charge in [0.15, 0.2) is 28.9 Å². The predicted octanol–water partition coefficient (Wildman–Crippen LogP) is 3.28. The van der Waals surface area contributed by atoms with Gasteiger partial charge in [0.2, 0.25) is 0 Å². The summed E-state index contributed by atoms with van der Waals surface area (Å²) in [5, 5.41) is 0.697. The molecular formula is C24H23Cl2NO10S2. The molecule has 0 saturated carbocycles. The van der Waals surface area contributed by atoms with E-state index >= 15 is 0 Å². The quantitative estimate of drug-likeness (QED) is 0.192. The molecule has 39 heavy (non-hydrogen) atoms. The van der Waals surface area contributed by atoms with Gasteiger partial charge in [-0.25, -0.2) is 0 Å². The van der Waals surface area contributed by atoms with Crippen LogP contribution in [0, 0.1) is 0 Å². The molecule has 1 aromatic carbocycles. The van der Waals surface area contributed by atoms with Crippen molar-refractivity contribution < 1.29 is 47.7 Å². The van der Waals surface area contributed by atoms with Crippen molar-refractivity contribution in [1.82, 2.24) is 4.90 Å². The van der Waals surface area contributed by atoms with Crippen molar-refractivity contribution >= 4 is 87.4 Å². The maximum absolute atomic E-state index is 13.6. The van der Waals surface area contributed by atoms with E-state index < -0.39 is 67.0 Å². The number of benzene rings is 1. The van der Waals surface area contributed by atoms with Gasteiger partial charge < -0.3 is 23.7 Å². The number of thioether (sulfide) groups is 1. The van der Waals surface area contributed by atoms with E-state index in [1.165, 1.54) is 12.1 Å². The van der Waals surface area contributed by atoms with Crippen molar-refractivity contribution in [2.45, 2.75) is 58.3 Å². The van der Waals surface area contributed by atoms with Gasteiger partial charge in [-0.3, -0.25) is 28.9 Å². The van der Waals surface area contributed by atoms with Gasteiger partial charge in [0, 0.05) is 37.7 Å². The molecule has 210 valence electrons. The number of thiocarbonyl (C=S) groups is 1. The number of carbonyl (C=O) groups is 5. The van der Waals surface area contributed by atoms with Crippen LogP contribution >= 0.6 is 47.2 Å². The highest BCUT2D eigenvalue weighted by molar-refractivity contribution is 8.26. The van der Waals surface area contributed by atoms with Gasteiger partial charge in [0.25, 0.3) is 5.91 Å². The Bertz CT molecular complexity index is 1240. The van der Waals surface area contributed by atoms with Crippen LogP contribution in [0.4, 0.5) is 0 Å². The summed E-state index contributed by atoms with van der Waals surface area (Å²) < 4.78 is 27.3. The van der Waals surface area contributed by atoms with Gasteiger partial charge in [0.05, 0.1) is 4.91 Å². The summed E-state index contributed by atoms with van der Waals surface area (Å²) in [4.78, 5) is 62.4. The molecule has 2 aliphatic rings. The molecule has 2 heterocycles. The van der Waals surface area contributed by atoms with Crippen molar-refractivity contribution in [3.8, 4) is 0 Å². The minimum atomic E-state index is -1.48. The topological polar surface area (TPSA) is 135 Å². The minimum Gasteiger partial charge on any atom is -0.463 e. The van der Waals surface area contributed by atoms with Crippen molar-refractivity contribution in [2.75, 3.05) is 6.61 Å². The third-order valence-corrected chi connectivity index (χ3v) is 7.19. The first kappa shape index (κ1) is 30.8. The van der Waals surface area contributed by atoms with Crippen LogP contribution in [0.3, 0.4) is 0 Å². The van der Waals surface area contributed by atoms with Crippen LogP contribution in [0.15, 0.2) is 23.1 Å². The summed E-state index contributed by atoms with van der Waals surface area (Å²) in [7, 11) is 0. The number of rotatable bonds is 7. The SMILES string of the molecule is CC(=O)OC[C@@H]1O[C@H](N2C(=O)/C(=C\c3ccc(Cl)cc3Cl)SC2=S)[C@H](OC(C)=O)[C@H](OC(C)=O)[C@H]1OC(C)=O. The Hall–Kier alpha value is -2.71. The Labute approximate surface area is 243 Å². The molecule has 5 atom stereocenters. The highest BCUT2D eigenvalue weighted by Crippen LogP contribution is 2.40. The van der Waals surface area contributed by atoms with Gasteiger partial charge in [-0.15, -0.1) is 0 Å². The number of amides is 1. The lowest BCUT2D eigenvalue weighted by molar-refractivity contribution is -0.268. The standard InChI is InChI=1S/C24H23Cl2NO10S2/c1-10(28)33-9-17-19(34-11(2)29)20(35-12(3)30)21(36-13(4)31)23(37-17)27-22(32)18(39-24(27)38)7-14-5-6-15(25)8-16(14)26/h5-8,17,19-21,23H,9H2,1-4H3/b18-7+/t17-,19-,20+,21+,23-/m0/s1. The zero-order chi connectivity index (χ0) is 29.0. The van der Waals surface area contributed by atoms with Crippen LogP contribution in [0.25, 0.3) is 6.08 Å². The summed E-state index contributed by atoms with van der Waals surface area (Å²) >= 11 is 18.6. The number of esters is 4. The van der Waals surface area contributed by atoms with Crippen molar-refractivity contribution in [3.63, 3.8) is 0 Å². The van der Waals surface area contributed by atoms with Gasteiger partial charge in [0.1, 0.15) is 12.7 Å². The summed E-state index contributed by atoms with van der Waals surface area (Å²) in [6.45, 7) is 4.01. The first-order chi connectivity index (χ1) is 18.3. The second kappa shape index (κ2) is 13.1. The minimum absolute atomic E-state index is 0.0252. The number of carbonyl (C=O) groups excluding carboxylic acids is 5. The lowest BCUT2D eigenvalue weighted by atomic mass is 9.96. The fraction of sp³-hybridized carbons (Fsp3) is 0.417. The van der Waals surface area contributed by atoms with Gasteiger partial charge in [-0.1, -0.05) is 53.2 Å². The number of halogens is 2. The monoisotopic (exact) mass is 619 g/mol. The van der Waals surface area contributed by atoms with E-state index in [-0.39, 0.29) is 9.23 Å². The molecule has 0 unspecified atom stereocenters. The number of hydrogen-bond donors (Lipinski definition) is 0. The van der Waals surface area contributed by atoms with Crippen LogP contribution in [0.1, 0.15) is 33.3 Å². The first-order valence-electron chi connectivity index (χ1n) is 11.3. The molecule has 0 aromatic heterocycles. The van der Waals surface area contributed by atoms with E-state index in [9.17, 15) is 24.0 Å². The molecule has 0 N–H and O–H groups in total. The van der Waals surface area contributed by atoms with Crippen molar-refractivity contribution in [1.29, 1.82) is 0 Å². The average Bonchev–Trinajstić information content (AvgIpc) is 3.09. The Morgan fingerprint density at radius 3 is 2.13 bits per heavy atom. The Balaban J connectivity index is 2.06. The van der Waals surface area contributed by atoms with Gasteiger partial charge >= 0.3 is 23.9 Å². The summed E-state index contributed by atoms with van der Waals surface area (Å²) in [5.41, 5.74) is 0.489. The molecule has 0 spiro atoms. The predicted molar refractivity (Wildman–Crippen MR) is 143 cm³/mol. The maximum Gasteiger partial charge on any atom is 0.303 e. The smallest absolute Gasteiger partial charge is 0.303 e. The first-order valence-corrected chi connectivity index (χ1v) is 13.3. The van der Waals surface area contributed by atoms with Gasteiger partial charge in [-0.2, -0.15) is 0 Å². The molecule has 1 aromatic rings. The maximum atomic E-state index is 13.6. The van der Waals surface area contributed by atoms with E-state index in [4.69, 9.17) is 59.1 Å². The molecule has 0 radical (unpaired) electrons.